The smallest absolute Gasteiger partial charge is 0.223 e. The van der Waals surface area contributed by atoms with Crippen LogP contribution >= 0.6 is 0 Å². The van der Waals surface area contributed by atoms with Gasteiger partial charge in [0.15, 0.2) is 9.84 Å². The minimum absolute atomic E-state index is 0.0287. The molecule has 0 spiro atoms. The fourth-order valence-electron chi connectivity index (χ4n) is 3.91. The Kier molecular flexibility index (Phi) is 6.34. The first-order valence-corrected chi connectivity index (χ1v) is 12.0. The van der Waals surface area contributed by atoms with Gasteiger partial charge in [-0.15, -0.1) is 0 Å². The minimum atomic E-state index is -3.53. The zero-order valence-corrected chi connectivity index (χ0v) is 18.0. The summed E-state index contributed by atoms with van der Waals surface area (Å²) in [6, 6.07) is 19.2. The number of nitrogens with zero attached hydrogens (tertiary/aromatic N) is 2. The Morgan fingerprint density at radius 1 is 0.871 bits per heavy atom. The number of benzene rings is 3. The molecular weight excluding hydrogens is 415 g/mol. The highest BCUT2D eigenvalue weighted by Gasteiger charge is 2.23. The number of rotatable bonds is 6. The summed E-state index contributed by atoms with van der Waals surface area (Å²) in [7, 11) is -3.53. The van der Waals surface area contributed by atoms with Crippen LogP contribution in [0.3, 0.4) is 0 Å². The maximum Gasteiger partial charge on any atom is 0.223 e. The third-order valence-electron chi connectivity index (χ3n) is 5.68. The molecule has 0 atom stereocenters. The molecule has 5 nitrogen and oxygen atoms in total. The average molecular weight is 441 g/mol. The van der Waals surface area contributed by atoms with Crippen LogP contribution in [0, 0.1) is 5.82 Å². The molecule has 162 valence electrons. The summed E-state index contributed by atoms with van der Waals surface area (Å²) < 4.78 is 38.8. The molecular formula is C24H25FN2O3S. The molecule has 1 heterocycles. The first-order valence-electron chi connectivity index (χ1n) is 10.4. The molecule has 0 radical (unpaired) electrons. The minimum Gasteiger partial charge on any atom is -0.340 e. The third-order valence-corrected chi connectivity index (χ3v) is 7.40. The molecule has 0 aliphatic carbocycles. The third kappa shape index (κ3) is 5.29. The van der Waals surface area contributed by atoms with E-state index in [2.05, 4.69) is 4.90 Å². The predicted octanol–water partition coefficient (Wildman–Crippen LogP) is 3.49. The standard InChI is InChI=1S/C24H25FN2O3S/c25-22-7-3-4-19(16-22)18-26-11-13-27(14-12-26)24(28)10-15-31(29,30)23-9-8-20-5-1-2-6-21(20)17-23/h1-9,16-17H,10-15,18H2. The second-order valence-corrected chi connectivity index (χ2v) is 9.97. The summed E-state index contributed by atoms with van der Waals surface area (Å²) in [6.07, 6.45) is -0.0287. The van der Waals surface area contributed by atoms with Gasteiger partial charge in [-0.1, -0.05) is 42.5 Å². The van der Waals surface area contributed by atoms with E-state index in [-0.39, 0.29) is 28.8 Å². The molecule has 0 saturated carbocycles. The molecule has 7 heteroatoms. The molecule has 1 saturated heterocycles. The topological polar surface area (TPSA) is 57.7 Å². The highest BCUT2D eigenvalue weighted by molar-refractivity contribution is 7.91. The quantitative estimate of drug-likeness (QED) is 0.589. The van der Waals surface area contributed by atoms with Crippen LogP contribution in [-0.4, -0.2) is 56.1 Å². The fourth-order valence-corrected chi connectivity index (χ4v) is 5.17. The van der Waals surface area contributed by atoms with E-state index in [1.54, 1.807) is 29.2 Å². The van der Waals surface area contributed by atoms with Crippen LogP contribution in [0.2, 0.25) is 0 Å². The molecule has 1 fully saturated rings. The van der Waals surface area contributed by atoms with Gasteiger partial charge in [-0.3, -0.25) is 9.69 Å². The number of halogens is 1. The lowest BCUT2D eigenvalue weighted by Crippen LogP contribution is -2.48. The lowest BCUT2D eigenvalue weighted by molar-refractivity contribution is -0.132. The second kappa shape index (κ2) is 9.16. The average Bonchev–Trinajstić information content (AvgIpc) is 2.78. The van der Waals surface area contributed by atoms with E-state index < -0.39 is 9.84 Å². The zero-order chi connectivity index (χ0) is 21.8. The van der Waals surface area contributed by atoms with Crippen molar-refractivity contribution in [1.82, 2.24) is 9.80 Å². The maximum absolute atomic E-state index is 13.3. The summed E-state index contributed by atoms with van der Waals surface area (Å²) in [4.78, 5) is 16.7. The van der Waals surface area contributed by atoms with Crippen LogP contribution in [0.1, 0.15) is 12.0 Å². The summed E-state index contributed by atoms with van der Waals surface area (Å²) >= 11 is 0. The van der Waals surface area contributed by atoms with Crippen LogP contribution in [0.15, 0.2) is 71.6 Å². The number of amides is 1. The van der Waals surface area contributed by atoms with Crippen LogP contribution in [0.4, 0.5) is 4.39 Å². The van der Waals surface area contributed by atoms with Crippen molar-refractivity contribution in [2.75, 3.05) is 31.9 Å². The van der Waals surface area contributed by atoms with Gasteiger partial charge in [0.1, 0.15) is 5.82 Å². The Labute approximate surface area is 182 Å². The van der Waals surface area contributed by atoms with E-state index in [1.165, 1.54) is 12.1 Å². The van der Waals surface area contributed by atoms with Crippen molar-refractivity contribution < 1.29 is 17.6 Å². The molecule has 3 aromatic carbocycles. The van der Waals surface area contributed by atoms with E-state index >= 15 is 0 Å². The lowest BCUT2D eigenvalue weighted by atomic mass is 10.1. The van der Waals surface area contributed by atoms with Crippen molar-refractivity contribution in [3.63, 3.8) is 0 Å². The van der Waals surface area contributed by atoms with Crippen molar-refractivity contribution in [2.24, 2.45) is 0 Å². The highest BCUT2D eigenvalue weighted by Crippen LogP contribution is 2.20. The first-order chi connectivity index (χ1) is 14.9. The molecule has 1 aliphatic heterocycles. The molecule has 3 aromatic rings. The maximum atomic E-state index is 13.3. The largest absolute Gasteiger partial charge is 0.340 e. The van der Waals surface area contributed by atoms with E-state index in [0.29, 0.717) is 32.7 Å². The second-order valence-electron chi connectivity index (χ2n) is 7.86. The number of hydrogen-bond acceptors (Lipinski definition) is 4. The van der Waals surface area contributed by atoms with E-state index in [9.17, 15) is 17.6 Å². The summed E-state index contributed by atoms with van der Waals surface area (Å²) in [5.41, 5.74) is 0.904. The molecule has 1 amide bonds. The number of fused-ring (bicyclic) bond motifs is 1. The van der Waals surface area contributed by atoms with E-state index in [0.717, 1.165) is 16.3 Å². The van der Waals surface area contributed by atoms with Crippen molar-refractivity contribution in [1.29, 1.82) is 0 Å². The summed E-state index contributed by atoms with van der Waals surface area (Å²) in [5, 5.41) is 1.85. The van der Waals surface area contributed by atoms with Crippen LogP contribution in [0.25, 0.3) is 10.8 Å². The van der Waals surface area contributed by atoms with Gasteiger partial charge in [-0.25, -0.2) is 12.8 Å². The molecule has 1 aliphatic rings. The number of sulfone groups is 1. The number of carbonyl (C=O) groups is 1. The van der Waals surface area contributed by atoms with Crippen LogP contribution < -0.4 is 0 Å². The van der Waals surface area contributed by atoms with E-state index in [1.807, 2.05) is 30.3 Å². The predicted molar refractivity (Wildman–Crippen MR) is 119 cm³/mol. The number of hydrogen-bond donors (Lipinski definition) is 0. The Morgan fingerprint density at radius 2 is 1.61 bits per heavy atom. The lowest BCUT2D eigenvalue weighted by Gasteiger charge is -2.34. The van der Waals surface area contributed by atoms with Gasteiger partial charge in [0, 0.05) is 39.1 Å². The fraction of sp³-hybridized carbons (Fsp3) is 0.292. The van der Waals surface area contributed by atoms with Gasteiger partial charge in [-0.2, -0.15) is 0 Å². The first kappa shape index (κ1) is 21.5. The molecule has 0 unspecified atom stereocenters. The van der Waals surface area contributed by atoms with Gasteiger partial charge in [-0.05, 0) is 40.6 Å². The number of carbonyl (C=O) groups excluding carboxylic acids is 1. The van der Waals surface area contributed by atoms with Gasteiger partial charge in [0.2, 0.25) is 5.91 Å². The van der Waals surface area contributed by atoms with Gasteiger partial charge in [0.25, 0.3) is 0 Å². The molecule has 0 N–H and O–H groups in total. The molecule has 0 aromatic heterocycles. The monoisotopic (exact) mass is 440 g/mol. The molecule has 0 bridgehead atoms. The van der Waals surface area contributed by atoms with Crippen LogP contribution in [0.5, 0.6) is 0 Å². The summed E-state index contributed by atoms with van der Waals surface area (Å²) in [5.74, 6) is -0.595. The van der Waals surface area contributed by atoms with Crippen molar-refractivity contribution >= 4 is 26.5 Å². The van der Waals surface area contributed by atoms with Crippen LogP contribution in [-0.2, 0) is 21.2 Å². The normalized spacial score (nSPS) is 15.3. The zero-order valence-electron chi connectivity index (χ0n) is 17.2. The Hall–Kier alpha value is -2.77. The van der Waals surface area contributed by atoms with Crippen molar-refractivity contribution in [3.05, 3.63) is 78.1 Å². The molecule has 4 rings (SSSR count). The van der Waals surface area contributed by atoms with E-state index in [4.69, 9.17) is 0 Å². The van der Waals surface area contributed by atoms with Crippen molar-refractivity contribution in [3.8, 4) is 0 Å². The van der Waals surface area contributed by atoms with Gasteiger partial charge in [0.05, 0.1) is 10.6 Å². The Balaban J connectivity index is 1.30. The van der Waals surface area contributed by atoms with Crippen molar-refractivity contribution in [2.45, 2.75) is 17.9 Å². The van der Waals surface area contributed by atoms with Gasteiger partial charge >= 0.3 is 0 Å². The Morgan fingerprint density at radius 3 is 2.35 bits per heavy atom. The molecule has 31 heavy (non-hydrogen) atoms. The van der Waals surface area contributed by atoms with Gasteiger partial charge < -0.3 is 4.90 Å². The highest BCUT2D eigenvalue weighted by atomic mass is 32.2. The Bertz CT molecular complexity index is 1190. The number of piperazine rings is 1. The summed E-state index contributed by atoms with van der Waals surface area (Å²) in [6.45, 7) is 3.09. The SMILES string of the molecule is O=C(CCS(=O)(=O)c1ccc2ccccc2c1)N1CCN(Cc2cccc(F)c2)CC1.